The normalized spacial score (nSPS) is 15.5. The van der Waals surface area contributed by atoms with E-state index in [1.54, 1.807) is 11.9 Å². The lowest BCUT2D eigenvalue weighted by atomic mass is 9.86. The summed E-state index contributed by atoms with van der Waals surface area (Å²) in [6.07, 6.45) is 0. The van der Waals surface area contributed by atoms with Crippen molar-refractivity contribution in [3.8, 4) is 5.75 Å². The van der Waals surface area contributed by atoms with Crippen molar-refractivity contribution in [2.24, 2.45) is 0 Å². The second-order valence-electron chi connectivity index (χ2n) is 5.41. The van der Waals surface area contributed by atoms with Gasteiger partial charge >= 0.3 is 0 Å². The van der Waals surface area contributed by atoms with Crippen molar-refractivity contribution >= 4 is 17.3 Å². The zero-order valence-electron chi connectivity index (χ0n) is 10.7. The Kier molecular flexibility index (Phi) is 2.53. The van der Waals surface area contributed by atoms with Crippen molar-refractivity contribution in [3.63, 3.8) is 0 Å². The summed E-state index contributed by atoms with van der Waals surface area (Å²) in [6, 6.07) is 3.89. The summed E-state index contributed by atoms with van der Waals surface area (Å²) in [5.41, 5.74) is 8.42. The molecule has 0 radical (unpaired) electrons. The minimum Gasteiger partial charge on any atom is -0.479 e. The Hall–Kier alpha value is -1.71. The van der Waals surface area contributed by atoms with Crippen LogP contribution in [0, 0.1) is 0 Å². The Balaban J connectivity index is 2.59. The van der Waals surface area contributed by atoms with Gasteiger partial charge in [0.05, 0.1) is 11.4 Å². The summed E-state index contributed by atoms with van der Waals surface area (Å²) < 4.78 is 5.39. The predicted molar refractivity (Wildman–Crippen MR) is 68.5 cm³/mol. The molecule has 1 aromatic rings. The van der Waals surface area contributed by atoms with Gasteiger partial charge in [0.2, 0.25) is 0 Å². The van der Waals surface area contributed by atoms with Gasteiger partial charge < -0.3 is 15.4 Å². The van der Waals surface area contributed by atoms with Crippen LogP contribution in [-0.4, -0.2) is 19.6 Å². The van der Waals surface area contributed by atoms with Crippen molar-refractivity contribution in [2.45, 2.75) is 26.2 Å². The van der Waals surface area contributed by atoms with E-state index < -0.39 is 0 Å². The first-order chi connectivity index (χ1) is 7.80. The number of amides is 1. The van der Waals surface area contributed by atoms with Crippen molar-refractivity contribution < 1.29 is 9.53 Å². The van der Waals surface area contributed by atoms with Crippen LogP contribution in [0.15, 0.2) is 12.1 Å². The van der Waals surface area contributed by atoms with Gasteiger partial charge in [0.15, 0.2) is 12.4 Å². The van der Waals surface area contributed by atoms with E-state index in [1.807, 2.05) is 12.1 Å². The molecule has 0 saturated carbocycles. The summed E-state index contributed by atoms with van der Waals surface area (Å²) in [7, 11) is 1.75. The third kappa shape index (κ3) is 1.95. The highest BCUT2D eigenvalue weighted by atomic mass is 16.5. The molecular formula is C13H18N2O2. The number of nitrogens with zero attached hydrogens (tertiary/aromatic N) is 1. The third-order valence-electron chi connectivity index (χ3n) is 3.04. The molecule has 0 bridgehead atoms. The number of carbonyl (C=O) groups is 1. The highest BCUT2D eigenvalue weighted by molar-refractivity contribution is 5.99. The molecule has 0 fully saturated rings. The molecule has 0 aliphatic carbocycles. The van der Waals surface area contributed by atoms with Crippen LogP contribution in [0.3, 0.4) is 0 Å². The largest absolute Gasteiger partial charge is 0.479 e. The number of benzene rings is 1. The van der Waals surface area contributed by atoms with Crippen LogP contribution in [0.2, 0.25) is 0 Å². The third-order valence-corrected chi connectivity index (χ3v) is 3.04. The molecule has 1 heterocycles. The summed E-state index contributed by atoms with van der Waals surface area (Å²) in [5, 5.41) is 0. The number of fused-ring (bicyclic) bond motifs is 1. The minimum atomic E-state index is -0.0528. The minimum absolute atomic E-state index is 0.00944. The second-order valence-corrected chi connectivity index (χ2v) is 5.41. The van der Waals surface area contributed by atoms with Gasteiger partial charge in [-0.2, -0.15) is 0 Å². The van der Waals surface area contributed by atoms with Crippen molar-refractivity contribution in [2.75, 3.05) is 24.3 Å². The number of anilines is 2. The van der Waals surface area contributed by atoms with Crippen LogP contribution in [0.25, 0.3) is 0 Å². The van der Waals surface area contributed by atoms with E-state index in [4.69, 9.17) is 10.5 Å². The van der Waals surface area contributed by atoms with Crippen LogP contribution < -0.4 is 15.4 Å². The van der Waals surface area contributed by atoms with Crippen LogP contribution in [0.4, 0.5) is 11.4 Å². The number of ether oxygens (including phenoxy) is 1. The topological polar surface area (TPSA) is 55.6 Å². The molecule has 4 heteroatoms. The van der Waals surface area contributed by atoms with Crippen LogP contribution in [0.5, 0.6) is 5.75 Å². The Morgan fingerprint density at radius 2 is 2.00 bits per heavy atom. The molecule has 1 aliphatic heterocycles. The summed E-state index contributed by atoms with van der Waals surface area (Å²) in [4.78, 5) is 13.2. The highest BCUT2D eigenvalue weighted by Crippen LogP contribution is 2.40. The monoisotopic (exact) mass is 234 g/mol. The summed E-state index contributed by atoms with van der Waals surface area (Å²) in [5.74, 6) is 0.558. The molecule has 0 atom stereocenters. The number of rotatable bonds is 0. The van der Waals surface area contributed by atoms with Gasteiger partial charge in [-0.3, -0.25) is 4.79 Å². The number of carbonyl (C=O) groups excluding carboxylic acids is 1. The Morgan fingerprint density at radius 3 is 2.59 bits per heavy atom. The predicted octanol–water partition coefficient (Wildman–Crippen LogP) is 1.92. The molecule has 1 aromatic carbocycles. The van der Waals surface area contributed by atoms with Gasteiger partial charge in [-0.15, -0.1) is 0 Å². The number of nitrogen functional groups attached to an aromatic ring is 1. The molecule has 1 amide bonds. The zero-order chi connectivity index (χ0) is 12.8. The molecule has 17 heavy (non-hydrogen) atoms. The average Bonchev–Trinajstić information content (AvgIpc) is 2.22. The van der Waals surface area contributed by atoms with E-state index in [2.05, 4.69) is 20.8 Å². The molecule has 92 valence electrons. The van der Waals surface area contributed by atoms with Crippen molar-refractivity contribution in [1.82, 2.24) is 0 Å². The molecular weight excluding hydrogens is 216 g/mol. The molecule has 0 saturated heterocycles. The van der Waals surface area contributed by atoms with Crippen LogP contribution >= 0.6 is 0 Å². The van der Waals surface area contributed by atoms with Crippen LogP contribution in [-0.2, 0) is 10.2 Å². The lowest BCUT2D eigenvalue weighted by Gasteiger charge is -2.29. The highest BCUT2D eigenvalue weighted by Gasteiger charge is 2.26. The maximum atomic E-state index is 11.6. The first kappa shape index (κ1) is 11.8. The van der Waals surface area contributed by atoms with E-state index >= 15 is 0 Å². The maximum Gasteiger partial charge on any atom is 0.264 e. The zero-order valence-corrected chi connectivity index (χ0v) is 10.7. The number of hydrogen-bond acceptors (Lipinski definition) is 3. The number of hydrogen-bond donors (Lipinski definition) is 1. The van der Waals surface area contributed by atoms with Gasteiger partial charge in [0, 0.05) is 7.05 Å². The first-order valence-electron chi connectivity index (χ1n) is 5.64. The molecule has 2 rings (SSSR count). The smallest absolute Gasteiger partial charge is 0.264 e. The fraction of sp³-hybridized carbons (Fsp3) is 0.462. The molecule has 2 N–H and O–H groups in total. The summed E-state index contributed by atoms with van der Waals surface area (Å²) >= 11 is 0. The van der Waals surface area contributed by atoms with Crippen molar-refractivity contribution in [1.29, 1.82) is 0 Å². The Morgan fingerprint density at radius 1 is 1.35 bits per heavy atom. The van der Waals surface area contributed by atoms with Gasteiger partial charge in [-0.25, -0.2) is 0 Å². The SMILES string of the molecule is CN1C(=O)COc2c(N)cc(C(C)(C)C)cc21. The van der Waals surface area contributed by atoms with E-state index in [9.17, 15) is 4.79 Å². The van der Waals surface area contributed by atoms with E-state index in [0.717, 1.165) is 11.3 Å². The fourth-order valence-electron chi connectivity index (χ4n) is 1.84. The number of nitrogens with two attached hydrogens (primary N) is 1. The number of likely N-dealkylation sites (N-methyl/N-ethyl adjacent to an activating group) is 1. The molecule has 0 spiro atoms. The Bertz CT molecular complexity index is 475. The molecule has 0 aromatic heterocycles. The lowest BCUT2D eigenvalue weighted by molar-refractivity contribution is -0.120. The second kappa shape index (κ2) is 3.65. The lowest BCUT2D eigenvalue weighted by Crippen LogP contribution is -2.36. The Labute approximate surface area is 101 Å². The maximum absolute atomic E-state index is 11.6. The molecule has 4 nitrogen and oxygen atoms in total. The summed E-state index contributed by atoms with van der Waals surface area (Å²) in [6.45, 7) is 6.39. The van der Waals surface area contributed by atoms with Gasteiger partial charge in [0.1, 0.15) is 0 Å². The molecule has 0 unspecified atom stereocenters. The quantitative estimate of drug-likeness (QED) is 0.698. The van der Waals surface area contributed by atoms with Gasteiger partial charge in [-0.1, -0.05) is 20.8 Å². The van der Waals surface area contributed by atoms with E-state index in [0.29, 0.717) is 11.4 Å². The first-order valence-corrected chi connectivity index (χ1v) is 5.64. The average molecular weight is 234 g/mol. The van der Waals surface area contributed by atoms with Crippen molar-refractivity contribution in [3.05, 3.63) is 17.7 Å². The van der Waals surface area contributed by atoms with Gasteiger partial charge in [0.25, 0.3) is 5.91 Å². The van der Waals surface area contributed by atoms with E-state index in [1.165, 1.54) is 0 Å². The molecule has 1 aliphatic rings. The fourth-order valence-corrected chi connectivity index (χ4v) is 1.84. The standard InChI is InChI=1S/C13H18N2O2/c1-13(2,3)8-5-9(14)12-10(6-8)15(4)11(16)7-17-12/h5-6H,7,14H2,1-4H3. The van der Waals surface area contributed by atoms with E-state index in [-0.39, 0.29) is 17.9 Å². The van der Waals surface area contributed by atoms with Gasteiger partial charge in [-0.05, 0) is 23.1 Å². The van der Waals surface area contributed by atoms with Crippen LogP contribution in [0.1, 0.15) is 26.3 Å².